The molecule has 29 heavy (non-hydrogen) atoms. The van der Waals surface area contributed by atoms with Crippen LogP contribution >= 0.6 is 0 Å². The summed E-state index contributed by atoms with van der Waals surface area (Å²) in [6, 6.07) is 10.7. The lowest BCUT2D eigenvalue weighted by molar-refractivity contribution is -0.123. The molecule has 0 bridgehead atoms. The van der Waals surface area contributed by atoms with E-state index in [2.05, 4.69) is 20.3 Å². The molecule has 1 amide bonds. The number of aromatic nitrogens is 4. The van der Waals surface area contributed by atoms with Crippen LogP contribution < -0.4 is 15.6 Å². The Morgan fingerprint density at radius 3 is 2.79 bits per heavy atom. The van der Waals surface area contributed by atoms with E-state index in [0.29, 0.717) is 36.7 Å². The Labute approximate surface area is 167 Å². The SMILES string of the molecule is COc1ccc(CNC(=O)C2CCCn3c2nc(-c2ccncn2)cc3=O)cc1. The quantitative estimate of drug-likeness (QED) is 0.713. The number of ether oxygens (including phenoxy) is 1. The summed E-state index contributed by atoms with van der Waals surface area (Å²) in [5.74, 6) is 0.643. The highest BCUT2D eigenvalue weighted by Crippen LogP contribution is 2.26. The van der Waals surface area contributed by atoms with Crippen LogP contribution in [0.25, 0.3) is 11.4 Å². The van der Waals surface area contributed by atoms with Crippen LogP contribution in [0, 0.1) is 0 Å². The second-order valence-corrected chi connectivity index (χ2v) is 6.84. The van der Waals surface area contributed by atoms with Gasteiger partial charge in [-0.1, -0.05) is 12.1 Å². The molecule has 0 aliphatic carbocycles. The van der Waals surface area contributed by atoms with E-state index >= 15 is 0 Å². The zero-order valence-electron chi connectivity index (χ0n) is 16.0. The Bertz CT molecular complexity index is 1060. The fourth-order valence-corrected chi connectivity index (χ4v) is 3.47. The Morgan fingerprint density at radius 1 is 1.24 bits per heavy atom. The van der Waals surface area contributed by atoms with Crippen LogP contribution in [0.3, 0.4) is 0 Å². The van der Waals surface area contributed by atoms with E-state index in [1.165, 1.54) is 12.4 Å². The monoisotopic (exact) mass is 391 g/mol. The number of hydrogen-bond acceptors (Lipinski definition) is 6. The van der Waals surface area contributed by atoms with Crippen molar-refractivity contribution in [1.82, 2.24) is 24.8 Å². The highest BCUT2D eigenvalue weighted by atomic mass is 16.5. The van der Waals surface area contributed by atoms with Crippen molar-refractivity contribution in [3.05, 3.63) is 70.7 Å². The molecule has 0 saturated heterocycles. The summed E-state index contributed by atoms with van der Waals surface area (Å²) in [5, 5.41) is 2.96. The van der Waals surface area contributed by atoms with Crippen molar-refractivity contribution in [1.29, 1.82) is 0 Å². The van der Waals surface area contributed by atoms with Gasteiger partial charge in [-0.15, -0.1) is 0 Å². The molecule has 3 aromatic rings. The fraction of sp³-hybridized carbons (Fsp3) is 0.286. The summed E-state index contributed by atoms with van der Waals surface area (Å²) in [6.07, 6.45) is 4.41. The second-order valence-electron chi connectivity index (χ2n) is 6.84. The first-order valence-electron chi connectivity index (χ1n) is 9.44. The second kappa shape index (κ2) is 8.22. The molecule has 1 unspecified atom stereocenters. The lowest BCUT2D eigenvalue weighted by atomic mass is 9.97. The van der Waals surface area contributed by atoms with Crippen LogP contribution in [0.4, 0.5) is 0 Å². The predicted octanol–water partition coefficient (Wildman–Crippen LogP) is 1.90. The van der Waals surface area contributed by atoms with Crippen molar-refractivity contribution in [2.75, 3.05) is 7.11 Å². The van der Waals surface area contributed by atoms with Gasteiger partial charge in [0, 0.05) is 25.4 Å². The van der Waals surface area contributed by atoms with Gasteiger partial charge in [-0.2, -0.15) is 0 Å². The molecule has 8 nitrogen and oxygen atoms in total. The summed E-state index contributed by atoms with van der Waals surface area (Å²) in [7, 11) is 1.61. The van der Waals surface area contributed by atoms with Gasteiger partial charge in [-0.05, 0) is 36.6 Å². The number of nitrogens with one attached hydrogen (secondary N) is 1. The molecule has 4 rings (SSSR count). The maximum absolute atomic E-state index is 12.9. The van der Waals surface area contributed by atoms with E-state index in [-0.39, 0.29) is 11.5 Å². The lowest BCUT2D eigenvalue weighted by Gasteiger charge is -2.25. The minimum absolute atomic E-state index is 0.138. The van der Waals surface area contributed by atoms with Crippen LogP contribution in [0.1, 0.15) is 30.1 Å². The van der Waals surface area contributed by atoms with Gasteiger partial charge in [-0.3, -0.25) is 14.2 Å². The van der Waals surface area contributed by atoms with Crippen LogP contribution in [0.15, 0.2) is 53.7 Å². The van der Waals surface area contributed by atoms with Crippen molar-refractivity contribution in [2.45, 2.75) is 31.8 Å². The van der Waals surface area contributed by atoms with Gasteiger partial charge in [-0.25, -0.2) is 15.0 Å². The van der Waals surface area contributed by atoms with Gasteiger partial charge < -0.3 is 10.1 Å². The summed E-state index contributed by atoms with van der Waals surface area (Å²) in [5.41, 5.74) is 1.81. The van der Waals surface area contributed by atoms with Crippen LogP contribution in [0.2, 0.25) is 0 Å². The number of carbonyl (C=O) groups is 1. The van der Waals surface area contributed by atoms with Crippen molar-refractivity contribution >= 4 is 5.91 Å². The van der Waals surface area contributed by atoms with Gasteiger partial charge >= 0.3 is 0 Å². The molecule has 1 aliphatic rings. The molecule has 1 aromatic carbocycles. The molecule has 0 saturated carbocycles. The number of rotatable bonds is 5. The molecule has 148 valence electrons. The number of carbonyl (C=O) groups excluding carboxylic acids is 1. The molecule has 3 heterocycles. The molecular weight excluding hydrogens is 370 g/mol. The van der Waals surface area contributed by atoms with Gasteiger partial charge in [0.25, 0.3) is 5.56 Å². The van der Waals surface area contributed by atoms with E-state index in [1.54, 1.807) is 23.9 Å². The number of fused-ring (bicyclic) bond motifs is 1. The number of nitrogens with zero attached hydrogens (tertiary/aromatic N) is 4. The van der Waals surface area contributed by atoms with Crippen molar-refractivity contribution in [3.8, 4) is 17.1 Å². The van der Waals surface area contributed by atoms with E-state index in [1.807, 2.05) is 24.3 Å². The average molecular weight is 391 g/mol. The first-order chi connectivity index (χ1) is 14.2. The van der Waals surface area contributed by atoms with Gasteiger partial charge in [0.2, 0.25) is 5.91 Å². The Kier molecular flexibility index (Phi) is 5.33. The molecule has 8 heteroatoms. The van der Waals surface area contributed by atoms with Crippen molar-refractivity contribution in [3.63, 3.8) is 0 Å². The predicted molar refractivity (Wildman–Crippen MR) is 106 cm³/mol. The Balaban J connectivity index is 1.57. The van der Waals surface area contributed by atoms with Crippen molar-refractivity contribution in [2.24, 2.45) is 0 Å². The molecule has 0 radical (unpaired) electrons. The van der Waals surface area contributed by atoms with E-state index in [4.69, 9.17) is 4.74 Å². The van der Waals surface area contributed by atoms with E-state index < -0.39 is 5.92 Å². The van der Waals surface area contributed by atoms with Crippen molar-refractivity contribution < 1.29 is 9.53 Å². The van der Waals surface area contributed by atoms with Gasteiger partial charge in [0.15, 0.2) is 0 Å². The molecule has 2 aromatic heterocycles. The van der Waals surface area contributed by atoms with Gasteiger partial charge in [0.05, 0.1) is 24.4 Å². The van der Waals surface area contributed by atoms with E-state index in [9.17, 15) is 9.59 Å². The minimum Gasteiger partial charge on any atom is -0.497 e. The molecular formula is C21H21N5O3. The average Bonchev–Trinajstić information content (AvgIpc) is 2.78. The van der Waals surface area contributed by atoms with Gasteiger partial charge in [0.1, 0.15) is 17.9 Å². The number of hydrogen-bond donors (Lipinski definition) is 1. The summed E-state index contributed by atoms with van der Waals surface area (Å²) >= 11 is 0. The van der Waals surface area contributed by atoms with Crippen LogP contribution in [-0.4, -0.2) is 32.5 Å². The third kappa shape index (κ3) is 4.01. The zero-order chi connectivity index (χ0) is 20.2. The first kappa shape index (κ1) is 18.8. The standard InChI is InChI=1S/C21H21N5O3/c1-29-15-6-4-14(5-7-15)12-23-21(28)16-3-2-10-26-19(27)11-18(25-20(16)26)17-8-9-22-13-24-17/h4-9,11,13,16H,2-3,10,12H2,1H3,(H,23,28). The first-order valence-corrected chi connectivity index (χ1v) is 9.44. The summed E-state index contributed by atoms with van der Waals surface area (Å²) < 4.78 is 6.74. The third-order valence-electron chi connectivity index (χ3n) is 5.01. The largest absolute Gasteiger partial charge is 0.497 e. The summed E-state index contributed by atoms with van der Waals surface area (Å²) in [4.78, 5) is 38.2. The minimum atomic E-state index is -0.475. The highest BCUT2D eigenvalue weighted by molar-refractivity contribution is 5.83. The van der Waals surface area contributed by atoms with E-state index in [0.717, 1.165) is 17.7 Å². The van der Waals surface area contributed by atoms with Crippen LogP contribution in [-0.2, 0) is 17.9 Å². The number of benzene rings is 1. The normalized spacial score (nSPS) is 15.4. The molecule has 0 spiro atoms. The topological polar surface area (TPSA) is 99.0 Å². The Morgan fingerprint density at radius 2 is 2.07 bits per heavy atom. The molecule has 1 aliphatic heterocycles. The highest BCUT2D eigenvalue weighted by Gasteiger charge is 2.29. The zero-order valence-corrected chi connectivity index (χ0v) is 16.0. The third-order valence-corrected chi connectivity index (χ3v) is 5.01. The molecule has 1 atom stereocenters. The maximum Gasteiger partial charge on any atom is 0.254 e. The Hall–Kier alpha value is -3.55. The maximum atomic E-state index is 12.9. The lowest BCUT2D eigenvalue weighted by Crippen LogP contribution is -2.37. The summed E-state index contributed by atoms with van der Waals surface area (Å²) in [6.45, 7) is 0.961. The number of methoxy groups -OCH3 is 1. The molecule has 0 fully saturated rings. The van der Waals surface area contributed by atoms with Crippen LogP contribution in [0.5, 0.6) is 5.75 Å². The number of amides is 1. The fourth-order valence-electron chi connectivity index (χ4n) is 3.47. The molecule has 1 N–H and O–H groups in total. The smallest absolute Gasteiger partial charge is 0.254 e.